The molecule has 0 spiro atoms. The van der Waals surface area contributed by atoms with Gasteiger partial charge in [-0.2, -0.15) is 0 Å². The molecule has 1 amide bonds. The summed E-state index contributed by atoms with van der Waals surface area (Å²) in [6, 6.07) is 16.6. The molecule has 4 aromatic rings. The Morgan fingerprint density at radius 1 is 1.02 bits per heavy atom. The highest BCUT2D eigenvalue weighted by molar-refractivity contribution is 7.91. The minimum absolute atomic E-state index is 0.1000. The summed E-state index contributed by atoms with van der Waals surface area (Å²) in [5, 5.41) is 3.74. The van der Waals surface area contributed by atoms with Crippen LogP contribution < -0.4 is 5.32 Å². The van der Waals surface area contributed by atoms with Crippen molar-refractivity contribution in [2.75, 3.05) is 25.6 Å². The van der Waals surface area contributed by atoms with Crippen molar-refractivity contribution < 1.29 is 22.7 Å². The van der Waals surface area contributed by atoms with Crippen LogP contribution in [-0.4, -0.2) is 54.9 Å². The van der Waals surface area contributed by atoms with E-state index in [9.17, 15) is 13.2 Å². The first kappa shape index (κ1) is 25.3. The molecule has 2 atom stereocenters. The second-order valence-corrected chi connectivity index (χ2v) is 12.8. The first-order valence-corrected chi connectivity index (χ1v) is 15.1. The van der Waals surface area contributed by atoms with Crippen LogP contribution in [0.1, 0.15) is 40.2 Å². The van der Waals surface area contributed by atoms with Crippen LogP contribution in [0.15, 0.2) is 65.7 Å². The number of ether oxygens (including phenoxy) is 2. The van der Waals surface area contributed by atoms with Gasteiger partial charge in [0.15, 0.2) is 9.84 Å². The maximum Gasteiger partial charge on any atom is 0.251 e. The number of rotatable bonds is 5. The highest BCUT2D eigenvalue weighted by Crippen LogP contribution is 2.58. The van der Waals surface area contributed by atoms with Crippen molar-refractivity contribution >= 4 is 26.6 Å². The third-order valence-corrected chi connectivity index (χ3v) is 10.00. The van der Waals surface area contributed by atoms with Crippen LogP contribution in [0.5, 0.6) is 0 Å². The number of nitrogens with zero attached hydrogens (tertiary/aromatic N) is 3. The molecule has 3 aromatic heterocycles. The van der Waals surface area contributed by atoms with Crippen molar-refractivity contribution in [3.8, 4) is 11.4 Å². The Labute approximate surface area is 231 Å². The minimum Gasteiger partial charge on any atom is -0.381 e. The zero-order valence-electron chi connectivity index (χ0n) is 21.8. The molecule has 1 saturated carbocycles. The van der Waals surface area contributed by atoms with E-state index in [0.29, 0.717) is 17.2 Å². The Hall–Kier alpha value is -3.73. The fourth-order valence-corrected chi connectivity index (χ4v) is 7.21. The van der Waals surface area contributed by atoms with E-state index in [1.165, 1.54) is 6.07 Å². The number of sulfone groups is 1. The molecule has 1 aliphatic carbocycles. The third kappa shape index (κ3) is 4.55. The fraction of sp³-hybridized carbons (Fsp3) is 0.333. The van der Waals surface area contributed by atoms with Crippen LogP contribution in [0.3, 0.4) is 0 Å². The van der Waals surface area contributed by atoms with Crippen LogP contribution in [0, 0.1) is 5.92 Å². The Balaban J connectivity index is 1.10. The van der Waals surface area contributed by atoms with Crippen LogP contribution in [0.25, 0.3) is 22.3 Å². The normalized spacial score (nSPS) is 23.1. The van der Waals surface area contributed by atoms with Crippen molar-refractivity contribution in [2.24, 2.45) is 5.92 Å². The van der Waals surface area contributed by atoms with Gasteiger partial charge in [0.05, 0.1) is 59.6 Å². The molecule has 2 aliphatic heterocycles. The molecule has 1 unspecified atom stereocenters. The third-order valence-electron chi connectivity index (χ3n) is 8.24. The summed E-state index contributed by atoms with van der Waals surface area (Å²) in [5.74, 6) is 0.0809. The lowest BCUT2D eigenvalue weighted by atomic mass is 9.93. The lowest BCUT2D eigenvalue weighted by Crippen LogP contribution is -2.23. The number of amides is 1. The molecule has 7 rings (SSSR count). The second-order valence-electron chi connectivity index (χ2n) is 10.7. The summed E-state index contributed by atoms with van der Waals surface area (Å²) in [7, 11) is -3.50. The maximum atomic E-state index is 12.9. The van der Waals surface area contributed by atoms with Gasteiger partial charge in [-0.05, 0) is 66.8 Å². The molecule has 1 aromatic carbocycles. The van der Waals surface area contributed by atoms with Crippen molar-refractivity contribution in [2.45, 2.75) is 36.3 Å². The van der Waals surface area contributed by atoms with Gasteiger partial charge in [-0.25, -0.2) is 13.4 Å². The van der Waals surface area contributed by atoms with Crippen LogP contribution >= 0.6 is 0 Å². The van der Waals surface area contributed by atoms with Crippen LogP contribution in [0.2, 0.25) is 0 Å². The van der Waals surface area contributed by atoms with Crippen LogP contribution in [-0.2, 0) is 37.9 Å². The number of carbonyl (C=O) groups is 1. The molecule has 0 radical (unpaired) electrons. The Morgan fingerprint density at radius 2 is 1.93 bits per heavy atom. The van der Waals surface area contributed by atoms with Gasteiger partial charge in [0.25, 0.3) is 5.91 Å². The number of aromatic nitrogens is 3. The van der Waals surface area contributed by atoms with Gasteiger partial charge in [-0.3, -0.25) is 14.8 Å². The molecule has 1 saturated heterocycles. The molecule has 1 N–H and O–H groups in total. The lowest BCUT2D eigenvalue weighted by molar-refractivity contribution is 0.0794. The summed E-state index contributed by atoms with van der Waals surface area (Å²) in [6.45, 7) is 2.12. The van der Waals surface area contributed by atoms with E-state index in [1.807, 2.05) is 24.3 Å². The van der Waals surface area contributed by atoms with Gasteiger partial charge in [0, 0.05) is 34.9 Å². The average Bonchev–Trinajstić information content (AvgIpc) is 3.76. The van der Waals surface area contributed by atoms with E-state index in [-0.39, 0.29) is 47.3 Å². The second kappa shape index (κ2) is 9.72. The number of hydrogen-bond acceptors (Lipinski definition) is 8. The summed E-state index contributed by atoms with van der Waals surface area (Å²) >= 11 is 0. The lowest BCUT2D eigenvalue weighted by Gasteiger charge is -2.22. The van der Waals surface area contributed by atoms with E-state index in [0.717, 1.165) is 54.0 Å². The Morgan fingerprint density at radius 3 is 2.83 bits per heavy atom. The quantitative estimate of drug-likeness (QED) is 0.396. The molecule has 5 heterocycles. The summed E-state index contributed by atoms with van der Waals surface area (Å²) in [5.41, 5.74) is 5.13. The number of pyridine rings is 3. The SMILES string of the molecule is O=C(NCc1cc2nc(-c3cccc([C@]45CCOCC4C5)n3)ccc2cn1)c1ccc2c(c1)S(=O)(=O)CCOC2. The highest BCUT2D eigenvalue weighted by atomic mass is 32.2. The smallest absolute Gasteiger partial charge is 0.251 e. The first-order chi connectivity index (χ1) is 19.4. The van der Waals surface area contributed by atoms with E-state index >= 15 is 0 Å². The number of fused-ring (bicyclic) bond motifs is 3. The van der Waals surface area contributed by atoms with Gasteiger partial charge < -0.3 is 14.8 Å². The molecule has 204 valence electrons. The number of benzene rings is 1. The monoisotopic (exact) mass is 556 g/mol. The standard InChI is InChI=1S/C30H28N4O5S/c35-29(19-4-5-21-17-39-10-11-40(36,37)27(21)12-19)32-16-23-13-26-20(15-31-23)6-7-25(33-26)24-2-1-3-28(34-24)30-8-9-38-18-22(30)14-30/h1-7,12-13,15,22H,8-11,14,16-18H2,(H,32,35)/t22?,30-/m0/s1. The van der Waals surface area contributed by atoms with E-state index < -0.39 is 9.84 Å². The molecule has 10 heteroatoms. The van der Waals surface area contributed by atoms with E-state index in [4.69, 9.17) is 19.4 Å². The predicted octanol–water partition coefficient (Wildman–Crippen LogP) is 3.60. The summed E-state index contributed by atoms with van der Waals surface area (Å²) in [4.78, 5) is 27.4. The van der Waals surface area contributed by atoms with Gasteiger partial charge in [0.1, 0.15) is 0 Å². The largest absolute Gasteiger partial charge is 0.381 e. The average molecular weight is 557 g/mol. The first-order valence-electron chi connectivity index (χ1n) is 13.4. The Kier molecular flexibility index (Phi) is 6.14. The van der Waals surface area contributed by atoms with E-state index in [2.05, 4.69) is 22.4 Å². The van der Waals surface area contributed by atoms with Crippen LogP contribution in [0.4, 0.5) is 0 Å². The number of carbonyl (C=O) groups excluding carboxylic acids is 1. The maximum absolute atomic E-state index is 12.9. The molecule has 40 heavy (non-hydrogen) atoms. The Bertz CT molecular complexity index is 1760. The highest BCUT2D eigenvalue weighted by Gasteiger charge is 2.57. The summed E-state index contributed by atoms with van der Waals surface area (Å²) < 4.78 is 36.2. The van der Waals surface area contributed by atoms with Gasteiger partial charge in [-0.15, -0.1) is 0 Å². The molecular formula is C30H28N4O5S. The van der Waals surface area contributed by atoms with Crippen molar-refractivity contribution in [1.82, 2.24) is 20.3 Å². The number of hydrogen-bond donors (Lipinski definition) is 1. The molecule has 0 bridgehead atoms. The molecule has 9 nitrogen and oxygen atoms in total. The topological polar surface area (TPSA) is 120 Å². The minimum atomic E-state index is -3.50. The van der Waals surface area contributed by atoms with Gasteiger partial charge >= 0.3 is 0 Å². The molecule has 3 aliphatic rings. The number of nitrogens with one attached hydrogen (secondary N) is 1. The van der Waals surface area contributed by atoms with Crippen molar-refractivity contribution in [1.29, 1.82) is 0 Å². The summed E-state index contributed by atoms with van der Waals surface area (Å²) in [6.07, 6.45) is 3.88. The van der Waals surface area contributed by atoms with Gasteiger partial charge in [0.2, 0.25) is 0 Å². The zero-order chi connectivity index (χ0) is 27.3. The van der Waals surface area contributed by atoms with Gasteiger partial charge in [-0.1, -0.05) is 12.1 Å². The van der Waals surface area contributed by atoms with Crippen molar-refractivity contribution in [3.63, 3.8) is 0 Å². The predicted molar refractivity (Wildman–Crippen MR) is 147 cm³/mol. The molecular weight excluding hydrogens is 528 g/mol. The van der Waals surface area contributed by atoms with Crippen molar-refractivity contribution in [3.05, 3.63) is 83.3 Å². The van der Waals surface area contributed by atoms with E-state index in [1.54, 1.807) is 18.3 Å². The zero-order valence-corrected chi connectivity index (χ0v) is 22.6. The molecule has 2 fully saturated rings. The fourth-order valence-electron chi connectivity index (χ4n) is 5.82.